The molecule has 0 radical (unpaired) electrons. The van der Waals surface area contributed by atoms with Crippen LogP contribution < -0.4 is 21.3 Å². The Morgan fingerprint density at radius 2 is 1.81 bits per heavy atom. The second-order valence-corrected chi connectivity index (χ2v) is 10.3. The molecule has 4 fully saturated rings. The third kappa shape index (κ3) is 5.56. The summed E-state index contributed by atoms with van der Waals surface area (Å²) in [7, 11) is 0. The van der Waals surface area contributed by atoms with Gasteiger partial charge in [0.2, 0.25) is 0 Å². The Labute approximate surface area is 187 Å². The highest BCUT2D eigenvalue weighted by Crippen LogP contribution is 2.44. The summed E-state index contributed by atoms with van der Waals surface area (Å²) in [5, 5.41) is 13.1. The quantitative estimate of drug-likeness (QED) is 0.469. The van der Waals surface area contributed by atoms with Crippen molar-refractivity contribution in [3.63, 3.8) is 0 Å². The van der Waals surface area contributed by atoms with Crippen molar-refractivity contribution in [1.29, 1.82) is 0 Å². The van der Waals surface area contributed by atoms with E-state index in [0.717, 1.165) is 32.4 Å². The van der Waals surface area contributed by atoms with Gasteiger partial charge in [-0.1, -0.05) is 0 Å². The van der Waals surface area contributed by atoms with Crippen LogP contribution in [-0.4, -0.2) is 74.1 Å². The van der Waals surface area contributed by atoms with Crippen LogP contribution in [0.15, 0.2) is 0 Å². The molecular formula is C22H38F5N5. The lowest BCUT2D eigenvalue weighted by molar-refractivity contribution is -0.192. The number of hydrogen-bond donors (Lipinski definition) is 4. The molecule has 32 heavy (non-hydrogen) atoms. The topological polar surface area (TPSA) is 51.4 Å². The number of hydrogen-bond acceptors (Lipinski definition) is 5. The van der Waals surface area contributed by atoms with E-state index in [-0.39, 0.29) is 18.9 Å². The molecule has 0 spiro atoms. The van der Waals surface area contributed by atoms with Crippen LogP contribution >= 0.6 is 0 Å². The van der Waals surface area contributed by atoms with E-state index in [1.807, 2.05) is 4.90 Å². The lowest BCUT2D eigenvalue weighted by Crippen LogP contribution is -2.70. The molecule has 0 aromatic heterocycles. The molecule has 3 saturated heterocycles. The fourth-order valence-electron chi connectivity index (χ4n) is 6.18. The molecule has 4 rings (SSSR count). The lowest BCUT2D eigenvalue weighted by atomic mass is 9.76. The van der Waals surface area contributed by atoms with Crippen LogP contribution in [0.5, 0.6) is 0 Å². The minimum Gasteiger partial charge on any atom is -0.314 e. The van der Waals surface area contributed by atoms with Crippen molar-refractivity contribution in [1.82, 2.24) is 26.2 Å². The molecule has 9 atom stereocenters. The molecule has 5 nitrogen and oxygen atoms in total. The SMILES string of the molecule is CC1CCC(CNC2NCNC(N3CCC[C@@H]3C3CCC(C(F)(F)F)CC3F)C2F)CN1. The van der Waals surface area contributed by atoms with Crippen molar-refractivity contribution in [3.8, 4) is 0 Å². The standard InChI is InChI=1S/C22H38F5N5/c1-13-4-5-14(10-28-13)11-29-20-19(24)21(31-12-30-20)32-8-2-3-18(32)16-7-6-15(9-17(16)23)22(25,26)27/h13-21,28-31H,2-12H2,1H3/t13?,14?,15?,16?,17?,18-,19?,20?,21?/m1/s1. The average Bonchev–Trinajstić information content (AvgIpc) is 3.23. The van der Waals surface area contributed by atoms with Crippen molar-refractivity contribution in [2.45, 2.75) is 94.8 Å². The van der Waals surface area contributed by atoms with Crippen LogP contribution in [0, 0.1) is 17.8 Å². The molecular weight excluding hydrogens is 429 g/mol. The number of rotatable bonds is 5. The monoisotopic (exact) mass is 467 g/mol. The van der Waals surface area contributed by atoms with Crippen molar-refractivity contribution in [2.75, 3.05) is 26.3 Å². The van der Waals surface area contributed by atoms with E-state index < -0.39 is 49.1 Å². The van der Waals surface area contributed by atoms with Gasteiger partial charge in [-0.05, 0) is 64.3 Å². The fraction of sp³-hybridized carbons (Fsp3) is 1.00. The van der Waals surface area contributed by atoms with Crippen LogP contribution in [0.3, 0.4) is 0 Å². The summed E-state index contributed by atoms with van der Waals surface area (Å²) >= 11 is 0. The number of alkyl halides is 5. The number of nitrogens with one attached hydrogen (secondary N) is 4. The Morgan fingerprint density at radius 3 is 2.50 bits per heavy atom. The summed E-state index contributed by atoms with van der Waals surface area (Å²) in [6, 6.07) is 0.317. The Hall–Kier alpha value is -0.550. The third-order valence-electron chi connectivity index (χ3n) is 8.12. The van der Waals surface area contributed by atoms with E-state index in [1.165, 1.54) is 0 Å². The summed E-state index contributed by atoms with van der Waals surface area (Å²) < 4.78 is 69.6. The summed E-state index contributed by atoms with van der Waals surface area (Å²) in [5.41, 5.74) is 0. The molecule has 1 saturated carbocycles. The van der Waals surface area contributed by atoms with E-state index in [4.69, 9.17) is 0 Å². The van der Waals surface area contributed by atoms with Crippen molar-refractivity contribution in [2.24, 2.45) is 17.8 Å². The van der Waals surface area contributed by atoms with Crippen molar-refractivity contribution in [3.05, 3.63) is 0 Å². The van der Waals surface area contributed by atoms with Gasteiger partial charge in [0, 0.05) is 37.8 Å². The van der Waals surface area contributed by atoms with Gasteiger partial charge in [-0.15, -0.1) is 0 Å². The first-order valence-corrected chi connectivity index (χ1v) is 12.3. The van der Waals surface area contributed by atoms with Crippen molar-refractivity contribution < 1.29 is 22.0 Å². The molecule has 8 unspecified atom stereocenters. The third-order valence-corrected chi connectivity index (χ3v) is 8.12. The van der Waals surface area contributed by atoms with Crippen LogP contribution in [0.2, 0.25) is 0 Å². The summed E-state index contributed by atoms with van der Waals surface area (Å²) in [6.45, 7) is 4.90. The molecule has 4 aliphatic rings. The number of piperidine rings is 1. The van der Waals surface area contributed by atoms with Crippen molar-refractivity contribution >= 4 is 0 Å². The van der Waals surface area contributed by atoms with E-state index in [2.05, 4.69) is 28.2 Å². The molecule has 0 aromatic carbocycles. The highest BCUT2D eigenvalue weighted by Gasteiger charge is 2.50. The molecule has 4 N–H and O–H groups in total. The minimum atomic E-state index is -4.34. The molecule has 0 aromatic rings. The Bertz CT molecular complexity index is 600. The Morgan fingerprint density at radius 1 is 1.00 bits per heavy atom. The summed E-state index contributed by atoms with van der Waals surface area (Å²) in [6.07, 6.45) is -4.64. The molecule has 1 aliphatic carbocycles. The second kappa shape index (κ2) is 10.4. The molecule has 3 aliphatic heterocycles. The first-order valence-electron chi connectivity index (χ1n) is 12.3. The maximum atomic E-state index is 15.5. The molecule has 186 valence electrons. The lowest BCUT2D eigenvalue weighted by Gasteiger charge is -2.46. The van der Waals surface area contributed by atoms with Gasteiger partial charge in [0.1, 0.15) is 6.17 Å². The fourth-order valence-corrected chi connectivity index (χ4v) is 6.18. The van der Waals surface area contributed by atoms with E-state index in [1.54, 1.807) is 0 Å². The normalized spacial score (nSPS) is 44.6. The van der Waals surface area contributed by atoms with Gasteiger partial charge >= 0.3 is 6.18 Å². The zero-order chi connectivity index (χ0) is 22.9. The second-order valence-electron chi connectivity index (χ2n) is 10.3. The summed E-state index contributed by atoms with van der Waals surface area (Å²) in [5.74, 6) is -1.55. The van der Waals surface area contributed by atoms with Crippen LogP contribution in [0.1, 0.15) is 51.9 Å². The van der Waals surface area contributed by atoms with Gasteiger partial charge in [0.15, 0.2) is 6.17 Å². The first-order chi connectivity index (χ1) is 15.2. The molecule has 0 bridgehead atoms. The summed E-state index contributed by atoms with van der Waals surface area (Å²) in [4.78, 5) is 2.00. The minimum absolute atomic E-state index is 0.0319. The number of halogens is 5. The van der Waals surface area contributed by atoms with E-state index in [0.29, 0.717) is 31.6 Å². The van der Waals surface area contributed by atoms with Gasteiger partial charge in [-0.3, -0.25) is 20.9 Å². The average molecular weight is 468 g/mol. The Kier molecular flexibility index (Phi) is 7.97. The van der Waals surface area contributed by atoms with Crippen LogP contribution in [0.4, 0.5) is 22.0 Å². The van der Waals surface area contributed by atoms with Crippen LogP contribution in [-0.2, 0) is 0 Å². The Balaban J connectivity index is 1.33. The maximum absolute atomic E-state index is 15.5. The molecule has 10 heteroatoms. The predicted octanol–water partition coefficient (Wildman–Crippen LogP) is 2.89. The van der Waals surface area contributed by atoms with Gasteiger partial charge < -0.3 is 5.32 Å². The predicted molar refractivity (Wildman–Crippen MR) is 113 cm³/mol. The van der Waals surface area contributed by atoms with Gasteiger partial charge in [0.25, 0.3) is 0 Å². The van der Waals surface area contributed by atoms with Crippen LogP contribution in [0.25, 0.3) is 0 Å². The largest absolute Gasteiger partial charge is 0.391 e. The zero-order valence-electron chi connectivity index (χ0n) is 18.8. The van der Waals surface area contributed by atoms with Gasteiger partial charge in [-0.2, -0.15) is 13.2 Å². The van der Waals surface area contributed by atoms with E-state index >= 15 is 4.39 Å². The molecule has 0 amide bonds. The molecule has 3 heterocycles. The highest BCUT2D eigenvalue weighted by molar-refractivity contribution is 4.99. The van der Waals surface area contributed by atoms with Gasteiger partial charge in [0.05, 0.1) is 18.2 Å². The smallest absolute Gasteiger partial charge is 0.314 e. The van der Waals surface area contributed by atoms with Gasteiger partial charge in [-0.25, -0.2) is 8.78 Å². The highest BCUT2D eigenvalue weighted by atomic mass is 19.4. The number of nitrogens with zero attached hydrogens (tertiary/aromatic N) is 1. The first kappa shape index (κ1) is 24.6. The van der Waals surface area contributed by atoms with E-state index in [9.17, 15) is 17.6 Å². The zero-order valence-corrected chi connectivity index (χ0v) is 18.8. The number of likely N-dealkylation sites (tertiary alicyclic amines) is 1. The maximum Gasteiger partial charge on any atom is 0.391 e.